The molecule has 0 atom stereocenters. The van der Waals surface area contributed by atoms with E-state index >= 15 is 0 Å². The summed E-state index contributed by atoms with van der Waals surface area (Å²) >= 11 is 0. The van der Waals surface area contributed by atoms with Crippen LogP contribution in [0, 0.1) is 5.95 Å². The van der Waals surface area contributed by atoms with E-state index in [9.17, 15) is 14.0 Å². The molecule has 2 N–H and O–H groups in total. The molecule has 0 aliphatic heterocycles. The summed E-state index contributed by atoms with van der Waals surface area (Å²) in [5.41, 5.74) is 3.87. The molecule has 1 heterocycles. The van der Waals surface area contributed by atoms with Crippen LogP contribution < -0.4 is 10.9 Å². The number of aromatic nitrogens is 1. The summed E-state index contributed by atoms with van der Waals surface area (Å²) in [6.07, 6.45) is -0.739. The number of fused-ring (bicyclic) bond motifs is 3. The predicted octanol–water partition coefficient (Wildman–Crippen LogP) is 3.88. The number of hydrogen-bond acceptors (Lipinski definition) is 3. The van der Waals surface area contributed by atoms with Crippen molar-refractivity contribution in [3.05, 3.63) is 88.1 Å². The van der Waals surface area contributed by atoms with Gasteiger partial charge in [0.15, 0.2) is 5.95 Å². The number of carbonyl (C=O) groups is 1. The molecule has 3 aromatic rings. The van der Waals surface area contributed by atoms with E-state index in [2.05, 4.69) is 5.32 Å². The lowest BCUT2D eigenvalue weighted by Gasteiger charge is -2.14. The van der Waals surface area contributed by atoms with Crippen LogP contribution in [0.25, 0.3) is 11.1 Å². The second-order valence-corrected chi connectivity index (χ2v) is 6.03. The fourth-order valence-electron chi connectivity index (χ4n) is 3.33. The van der Waals surface area contributed by atoms with Crippen molar-refractivity contribution in [3.8, 4) is 11.1 Å². The summed E-state index contributed by atoms with van der Waals surface area (Å²) in [6, 6.07) is 18.1. The molecule has 0 saturated carbocycles. The fourth-order valence-corrected chi connectivity index (χ4v) is 3.33. The van der Waals surface area contributed by atoms with Crippen LogP contribution in [0.1, 0.15) is 17.0 Å². The van der Waals surface area contributed by atoms with E-state index in [1.807, 2.05) is 53.5 Å². The van der Waals surface area contributed by atoms with Gasteiger partial charge in [-0.25, -0.2) is 4.79 Å². The zero-order valence-electron chi connectivity index (χ0n) is 13.7. The minimum Gasteiger partial charge on any atom is -0.448 e. The highest BCUT2D eigenvalue weighted by Gasteiger charge is 2.28. The van der Waals surface area contributed by atoms with Crippen molar-refractivity contribution in [2.45, 2.75) is 5.92 Å². The summed E-state index contributed by atoms with van der Waals surface area (Å²) in [5, 5.41) is 2.37. The van der Waals surface area contributed by atoms with Crippen LogP contribution in [0.15, 0.2) is 65.5 Å². The Morgan fingerprint density at radius 1 is 1.04 bits per heavy atom. The number of nitrogens with one attached hydrogen (secondary N) is 2. The third-order valence-corrected chi connectivity index (χ3v) is 4.40. The average Bonchev–Trinajstić information content (AvgIpc) is 2.93. The third-order valence-electron chi connectivity index (χ3n) is 4.40. The topological polar surface area (TPSA) is 71.2 Å². The highest BCUT2D eigenvalue weighted by Crippen LogP contribution is 2.44. The smallest absolute Gasteiger partial charge is 0.411 e. The van der Waals surface area contributed by atoms with Crippen molar-refractivity contribution in [1.29, 1.82) is 0 Å². The first-order chi connectivity index (χ1) is 12.6. The van der Waals surface area contributed by atoms with Gasteiger partial charge in [-0.05, 0) is 22.3 Å². The Hall–Kier alpha value is -3.41. The van der Waals surface area contributed by atoms with Gasteiger partial charge in [-0.15, -0.1) is 0 Å². The molecule has 0 spiro atoms. The number of H-pyrrole nitrogens is 1. The lowest BCUT2D eigenvalue weighted by molar-refractivity contribution is 0.158. The number of carbonyl (C=O) groups excluding carboxylic acids is 1. The summed E-state index contributed by atoms with van der Waals surface area (Å²) < 4.78 is 18.5. The molecular weight excluding hydrogens is 335 g/mol. The molecule has 26 heavy (non-hydrogen) atoms. The van der Waals surface area contributed by atoms with Crippen LogP contribution in [0.5, 0.6) is 0 Å². The molecular formula is C20H15FN2O3. The normalized spacial score (nSPS) is 12.3. The Morgan fingerprint density at radius 2 is 1.65 bits per heavy atom. The maximum absolute atomic E-state index is 13.2. The minimum absolute atomic E-state index is 0.0449. The molecule has 5 nitrogen and oxygen atoms in total. The number of aromatic amines is 1. The first-order valence-corrected chi connectivity index (χ1v) is 8.14. The molecule has 2 aromatic carbocycles. The molecule has 6 heteroatoms. The number of anilines is 1. The lowest BCUT2D eigenvalue weighted by Crippen LogP contribution is -2.19. The van der Waals surface area contributed by atoms with Gasteiger partial charge in [-0.1, -0.05) is 48.5 Å². The number of rotatable bonds is 3. The maximum Gasteiger partial charge on any atom is 0.411 e. The van der Waals surface area contributed by atoms with Gasteiger partial charge in [0.2, 0.25) is 0 Å². The van der Waals surface area contributed by atoms with Gasteiger partial charge in [0.05, 0.1) is 5.69 Å². The quantitative estimate of drug-likeness (QED) is 0.704. The molecule has 4 rings (SSSR count). The van der Waals surface area contributed by atoms with E-state index in [1.165, 1.54) is 0 Å². The highest BCUT2D eigenvalue weighted by atomic mass is 19.1. The van der Waals surface area contributed by atoms with Gasteiger partial charge in [0.25, 0.3) is 5.56 Å². The van der Waals surface area contributed by atoms with Gasteiger partial charge in [0, 0.05) is 18.1 Å². The second kappa shape index (κ2) is 6.48. The van der Waals surface area contributed by atoms with E-state index in [1.54, 1.807) is 0 Å². The highest BCUT2D eigenvalue weighted by molar-refractivity contribution is 5.85. The van der Waals surface area contributed by atoms with E-state index in [4.69, 9.17) is 4.74 Å². The van der Waals surface area contributed by atoms with Crippen molar-refractivity contribution in [2.75, 3.05) is 11.9 Å². The maximum atomic E-state index is 13.2. The predicted molar refractivity (Wildman–Crippen MR) is 95.7 cm³/mol. The molecule has 0 saturated heterocycles. The van der Waals surface area contributed by atoms with Crippen molar-refractivity contribution in [3.63, 3.8) is 0 Å². The molecule has 130 valence electrons. The summed E-state index contributed by atoms with van der Waals surface area (Å²) in [4.78, 5) is 25.3. The molecule has 1 aliphatic carbocycles. The van der Waals surface area contributed by atoms with Crippen molar-refractivity contribution in [2.24, 2.45) is 0 Å². The van der Waals surface area contributed by atoms with Crippen molar-refractivity contribution >= 4 is 11.8 Å². The first-order valence-electron chi connectivity index (χ1n) is 8.14. The van der Waals surface area contributed by atoms with Gasteiger partial charge < -0.3 is 4.74 Å². The molecule has 1 amide bonds. The largest absolute Gasteiger partial charge is 0.448 e. The first kappa shape index (κ1) is 16.1. The summed E-state index contributed by atoms with van der Waals surface area (Å²) in [6.45, 7) is 0.144. The van der Waals surface area contributed by atoms with Gasteiger partial charge in [-0.2, -0.15) is 4.39 Å². The van der Waals surface area contributed by atoms with Crippen LogP contribution in [0.4, 0.5) is 14.9 Å². The summed E-state index contributed by atoms with van der Waals surface area (Å²) in [5.74, 6) is -0.893. The number of ether oxygens (including phenoxy) is 1. The van der Waals surface area contributed by atoms with Crippen LogP contribution in [0.3, 0.4) is 0 Å². The third kappa shape index (κ3) is 2.97. The zero-order chi connectivity index (χ0) is 18.1. The molecule has 1 aromatic heterocycles. The van der Waals surface area contributed by atoms with Crippen molar-refractivity contribution in [1.82, 2.24) is 4.98 Å². The molecule has 0 bridgehead atoms. The minimum atomic E-state index is -0.827. The van der Waals surface area contributed by atoms with Gasteiger partial charge in [-0.3, -0.25) is 15.1 Å². The Labute approximate surface area is 148 Å². The molecule has 0 fully saturated rings. The van der Waals surface area contributed by atoms with E-state index in [0.29, 0.717) is 0 Å². The summed E-state index contributed by atoms with van der Waals surface area (Å²) in [7, 11) is 0. The van der Waals surface area contributed by atoms with Crippen LogP contribution in [-0.2, 0) is 4.74 Å². The van der Waals surface area contributed by atoms with Gasteiger partial charge in [0.1, 0.15) is 6.61 Å². The molecule has 1 aliphatic rings. The number of amides is 1. The van der Waals surface area contributed by atoms with Crippen LogP contribution in [0.2, 0.25) is 0 Å². The monoisotopic (exact) mass is 350 g/mol. The van der Waals surface area contributed by atoms with Crippen LogP contribution in [-0.4, -0.2) is 17.7 Å². The Morgan fingerprint density at radius 3 is 2.27 bits per heavy atom. The number of pyridine rings is 1. The number of halogens is 1. The molecule has 0 radical (unpaired) electrons. The van der Waals surface area contributed by atoms with E-state index < -0.39 is 17.6 Å². The Bertz CT molecular complexity index is 999. The van der Waals surface area contributed by atoms with Crippen molar-refractivity contribution < 1.29 is 13.9 Å². The second-order valence-electron chi connectivity index (χ2n) is 6.03. The lowest BCUT2D eigenvalue weighted by atomic mass is 9.98. The van der Waals surface area contributed by atoms with E-state index in [-0.39, 0.29) is 18.2 Å². The number of benzene rings is 2. The average molecular weight is 350 g/mol. The SMILES string of the molecule is O=C(Nc1cc(F)[nH]c(=O)c1)OCC1c2ccccc2-c2ccccc21. The Balaban J connectivity index is 1.51. The van der Waals surface area contributed by atoms with E-state index in [0.717, 1.165) is 34.4 Å². The zero-order valence-corrected chi connectivity index (χ0v) is 13.7. The Kier molecular flexibility index (Phi) is 4.01. The standard InChI is InChI=1S/C20H15FN2O3/c21-18-9-12(10-19(24)23-18)22-20(25)26-11-17-15-7-3-1-5-13(15)14-6-2-4-8-16(14)17/h1-10,17H,11H2,(H2,22,23,24,25). The number of hydrogen-bond donors (Lipinski definition) is 2. The molecule has 0 unspecified atom stereocenters. The van der Waals surface area contributed by atoms with Gasteiger partial charge >= 0.3 is 6.09 Å². The van der Waals surface area contributed by atoms with Crippen LogP contribution >= 0.6 is 0 Å². The fraction of sp³-hybridized carbons (Fsp3) is 0.100.